The molecule has 0 amide bonds. The minimum absolute atomic E-state index is 0. The zero-order chi connectivity index (χ0) is 19.8. The molecule has 2 aliphatic rings. The van der Waals surface area contributed by atoms with Crippen LogP contribution in [0.1, 0.15) is 36.8 Å². The number of hydrogen-bond donors (Lipinski definition) is 2. The molecule has 2 aromatic carbocycles. The van der Waals surface area contributed by atoms with E-state index in [0.29, 0.717) is 23.2 Å². The van der Waals surface area contributed by atoms with Crippen molar-refractivity contribution in [3.8, 4) is 5.75 Å². The van der Waals surface area contributed by atoms with Gasteiger partial charge in [0.1, 0.15) is 5.75 Å². The summed E-state index contributed by atoms with van der Waals surface area (Å²) in [4.78, 5) is 0. The summed E-state index contributed by atoms with van der Waals surface area (Å²) in [7, 11) is 0. The van der Waals surface area contributed by atoms with Gasteiger partial charge in [0.2, 0.25) is 0 Å². The number of ether oxygens (including phenoxy) is 1. The van der Waals surface area contributed by atoms with E-state index in [1.807, 2.05) is 18.2 Å². The van der Waals surface area contributed by atoms with Crippen LogP contribution >= 0.6 is 36.4 Å². The van der Waals surface area contributed by atoms with Gasteiger partial charge in [0.05, 0.1) is 5.54 Å². The van der Waals surface area contributed by atoms with Crippen molar-refractivity contribution < 1.29 is 17.9 Å². The van der Waals surface area contributed by atoms with Gasteiger partial charge in [-0.15, -0.1) is 38.0 Å². The van der Waals surface area contributed by atoms with Gasteiger partial charge in [-0.3, -0.25) is 0 Å². The van der Waals surface area contributed by atoms with Crippen molar-refractivity contribution in [2.45, 2.75) is 56.2 Å². The lowest BCUT2D eigenvalue weighted by molar-refractivity contribution is -0.274. The van der Waals surface area contributed by atoms with Crippen LogP contribution in [0.25, 0.3) is 0 Å². The maximum atomic E-state index is 12.5. The normalized spacial score (nSPS) is 25.2. The fourth-order valence-corrected chi connectivity index (χ4v) is 4.76. The van der Waals surface area contributed by atoms with Gasteiger partial charge in [0.15, 0.2) is 0 Å². The molecule has 2 aliphatic heterocycles. The smallest absolute Gasteiger partial charge is 0.406 e. The Hall–Kier alpha value is -1.18. The molecule has 2 bridgehead atoms. The molecule has 9 heteroatoms. The first kappa shape index (κ1) is 25.1. The van der Waals surface area contributed by atoms with Crippen LogP contribution in [0.5, 0.6) is 5.75 Å². The van der Waals surface area contributed by atoms with Crippen LogP contribution in [0, 0.1) is 0 Å². The second-order valence-electron chi connectivity index (χ2n) is 7.53. The Morgan fingerprint density at radius 3 is 2.50 bits per heavy atom. The largest absolute Gasteiger partial charge is 0.573 e. The van der Waals surface area contributed by atoms with Gasteiger partial charge in [-0.25, -0.2) is 0 Å². The Labute approximate surface area is 191 Å². The molecule has 0 saturated carbocycles. The van der Waals surface area contributed by atoms with E-state index in [9.17, 15) is 13.2 Å². The van der Waals surface area contributed by atoms with Crippen LogP contribution in [0.2, 0.25) is 5.02 Å². The average Bonchev–Trinajstić information content (AvgIpc) is 3.02. The SMILES string of the molecule is Cl.Cl.FC(F)(F)Oc1ccc(Cl)c(CN[C@@H]2CC[C@H]3CC[C@]2(c2ccccc2)N3)c1. The summed E-state index contributed by atoms with van der Waals surface area (Å²) in [6, 6.07) is 15.1. The van der Waals surface area contributed by atoms with E-state index in [1.165, 1.54) is 23.8 Å². The van der Waals surface area contributed by atoms with E-state index in [2.05, 4.69) is 27.5 Å². The van der Waals surface area contributed by atoms with Crippen LogP contribution in [-0.2, 0) is 12.1 Å². The minimum Gasteiger partial charge on any atom is -0.406 e. The first-order valence-electron chi connectivity index (χ1n) is 9.46. The molecule has 2 saturated heterocycles. The predicted molar refractivity (Wildman–Crippen MR) is 117 cm³/mol. The monoisotopic (exact) mass is 482 g/mol. The van der Waals surface area contributed by atoms with Gasteiger partial charge in [-0.05, 0) is 55.0 Å². The Bertz CT molecular complexity index is 838. The van der Waals surface area contributed by atoms with Gasteiger partial charge in [0.25, 0.3) is 0 Å². The van der Waals surface area contributed by atoms with E-state index in [1.54, 1.807) is 0 Å². The van der Waals surface area contributed by atoms with Gasteiger partial charge in [-0.1, -0.05) is 41.9 Å². The number of benzene rings is 2. The third kappa shape index (κ3) is 5.35. The fourth-order valence-electron chi connectivity index (χ4n) is 4.57. The Morgan fingerprint density at radius 2 is 1.80 bits per heavy atom. The Balaban J connectivity index is 0.00000160. The lowest BCUT2D eigenvalue weighted by atomic mass is 9.79. The number of piperidine rings is 1. The summed E-state index contributed by atoms with van der Waals surface area (Å²) >= 11 is 6.22. The number of nitrogens with one attached hydrogen (secondary N) is 2. The molecule has 0 spiro atoms. The second kappa shape index (κ2) is 9.96. The number of hydrogen-bond acceptors (Lipinski definition) is 3. The quantitative estimate of drug-likeness (QED) is 0.549. The zero-order valence-corrected chi connectivity index (χ0v) is 18.4. The standard InChI is InChI=1S/C21H22ClF3N2O.2ClH/c22-18-8-7-17(28-21(23,24)25)12-14(18)13-26-19-9-6-16-10-11-20(19,27-16)15-4-2-1-3-5-15;;/h1-5,7-8,12,16,19,26-27H,6,9-11,13H2;2*1H/t16-,19+,20+;;/m0../s1. The number of halogens is 6. The van der Waals surface area contributed by atoms with Gasteiger partial charge >= 0.3 is 6.36 Å². The van der Waals surface area contributed by atoms with Gasteiger partial charge < -0.3 is 15.4 Å². The molecule has 0 aromatic heterocycles. The average molecular weight is 484 g/mol. The highest BCUT2D eigenvalue weighted by Crippen LogP contribution is 2.43. The van der Waals surface area contributed by atoms with E-state index in [0.717, 1.165) is 25.7 Å². The highest BCUT2D eigenvalue weighted by Gasteiger charge is 2.48. The molecule has 3 nitrogen and oxygen atoms in total. The van der Waals surface area contributed by atoms with Crippen LogP contribution in [0.3, 0.4) is 0 Å². The van der Waals surface area contributed by atoms with Crippen LogP contribution in [-0.4, -0.2) is 18.4 Å². The fraction of sp³-hybridized carbons (Fsp3) is 0.429. The van der Waals surface area contributed by atoms with E-state index < -0.39 is 6.36 Å². The van der Waals surface area contributed by atoms with Crippen molar-refractivity contribution in [1.82, 2.24) is 10.6 Å². The van der Waals surface area contributed by atoms with Crippen molar-refractivity contribution in [3.05, 3.63) is 64.7 Å². The molecule has 0 radical (unpaired) electrons. The Morgan fingerprint density at radius 1 is 1.07 bits per heavy atom. The topological polar surface area (TPSA) is 33.3 Å². The summed E-state index contributed by atoms with van der Waals surface area (Å²) in [6.45, 7) is 0.374. The lowest BCUT2D eigenvalue weighted by Gasteiger charge is -2.43. The molecule has 30 heavy (non-hydrogen) atoms. The van der Waals surface area contributed by atoms with Crippen molar-refractivity contribution in [1.29, 1.82) is 0 Å². The van der Waals surface area contributed by atoms with Crippen LogP contribution in [0.4, 0.5) is 13.2 Å². The molecule has 2 aromatic rings. The molecular weight excluding hydrogens is 460 g/mol. The summed E-state index contributed by atoms with van der Waals surface area (Å²) in [5.41, 5.74) is 1.68. The Kier molecular flexibility index (Phi) is 8.33. The van der Waals surface area contributed by atoms with Crippen molar-refractivity contribution >= 4 is 36.4 Å². The van der Waals surface area contributed by atoms with Crippen LogP contribution in [0.15, 0.2) is 48.5 Å². The van der Waals surface area contributed by atoms with Crippen molar-refractivity contribution in [2.24, 2.45) is 0 Å². The van der Waals surface area contributed by atoms with E-state index >= 15 is 0 Å². The first-order chi connectivity index (χ1) is 13.4. The third-order valence-corrected chi connectivity index (χ3v) is 6.19. The summed E-state index contributed by atoms with van der Waals surface area (Å²) in [6.07, 6.45) is -0.477. The van der Waals surface area contributed by atoms with E-state index in [4.69, 9.17) is 11.6 Å². The molecule has 0 aliphatic carbocycles. The van der Waals surface area contributed by atoms with Gasteiger partial charge in [-0.2, -0.15) is 0 Å². The third-order valence-electron chi connectivity index (χ3n) is 5.83. The lowest BCUT2D eigenvalue weighted by Crippen LogP contribution is -2.58. The minimum atomic E-state index is -4.72. The highest BCUT2D eigenvalue weighted by atomic mass is 35.5. The summed E-state index contributed by atoms with van der Waals surface area (Å²) in [5.74, 6) is -0.255. The number of fused-ring (bicyclic) bond motifs is 2. The molecule has 166 valence electrons. The maximum Gasteiger partial charge on any atom is 0.573 e. The first-order valence-corrected chi connectivity index (χ1v) is 9.84. The zero-order valence-electron chi connectivity index (χ0n) is 16.0. The van der Waals surface area contributed by atoms with E-state index in [-0.39, 0.29) is 42.1 Å². The number of alkyl halides is 3. The summed E-state index contributed by atoms with van der Waals surface area (Å²) in [5, 5.41) is 7.77. The molecule has 2 N–H and O–H groups in total. The maximum absolute atomic E-state index is 12.5. The summed E-state index contributed by atoms with van der Waals surface area (Å²) < 4.78 is 41.6. The second-order valence-corrected chi connectivity index (χ2v) is 7.94. The molecule has 4 rings (SSSR count). The number of rotatable bonds is 5. The van der Waals surface area contributed by atoms with Crippen molar-refractivity contribution in [3.63, 3.8) is 0 Å². The molecule has 3 atom stereocenters. The molecule has 2 heterocycles. The molecular formula is C21H24Cl3F3N2O. The highest BCUT2D eigenvalue weighted by molar-refractivity contribution is 6.31. The molecule has 2 fully saturated rings. The predicted octanol–water partition coefficient (Wildman–Crippen LogP) is 5.98. The van der Waals surface area contributed by atoms with Crippen LogP contribution < -0.4 is 15.4 Å². The molecule has 0 unspecified atom stereocenters. The van der Waals surface area contributed by atoms with Gasteiger partial charge in [0, 0.05) is 23.7 Å². The van der Waals surface area contributed by atoms with Crippen molar-refractivity contribution in [2.75, 3.05) is 0 Å².